The molecule has 4 aromatic rings. The first kappa shape index (κ1) is 17.6. The normalized spacial score (nSPS) is 10.8. The van der Waals surface area contributed by atoms with E-state index in [4.69, 9.17) is 4.74 Å². The zero-order valence-electron chi connectivity index (χ0n) is 15.7. The molecule has 0 amide bonds. The van der Waals surface area contributed by atoms with Gasteiger partial charge in [0.1, 0.15) is 12.7 Å². The summed E-state index contributed by atoms with van der Waals surface area (Å²) in [5.41, 5.74) is 5.78. The van der Waals surface area contributed by atoms with Gasteiger partial charge in [0.15, 0.2) is 0 Å². The molecule has 5 heteroatoms. The fourth-order valence-corrected chi connectivity index (χ4v) is 3.46. The summed E-state index contributed by atoms with van der Waals surface area (Å²) in [5, 5.41) is 9.45. The summed E-state index contributed by atoms with van der Waals surface area (Å²) in [4.78, 5) is 12.4. The molecule has 1 aromatic carbocycles. The number of aryl methyl sites for hydroxylation is 2. The molecule has 0 aliphatic rings. The van der Waals surface area contributed by atoms with Gasteiger partial charge in [0.25, 0.3) is 0 Å². The Kier molecular flexibility index (Phi) is 4.46. The third-order valence-corrected chi connectivity index (χ3v) is 4.87. The number of hydrogen-bond donors (Lipinski definition) is 0. The van der Waals surface area contributed by atoms with Crippen molar-refractivity contribution in [3.8, 4) is 11.8 Å². The minimum atomic E-state index is -0.411. The first-order valence-electron chi connectivity index (χ1n) is 8.99. The van der Waals surface area contributed by atoms with Gasteiger partial charge in [-0.2, -0.15) is 5.26 Å². The van der Waals surface area contributed by atoms with Crippen LogP contribution in [0.1, 0.15) is 32.9 Å². The smallest absolute Gasteiger partial charge is 0.338 e. The highest BCUT2D eigenvalue weighted by Gasteiger charge is 2.14. The van der Waals surface area contributed by atoms with Crippen LogP contribution in [0.4, 0.5) is 0 Å². The number of aromatic nitrogens is 2. The first-order chi connectivity index (χ1) is 13.6. The number of nitriles is 1. The Hall–Kier alpha value is -3.78. The van der Waals surface area contributed by atoms with Crippen LogP contribution < -0.4 is 0 Å². The van der Waals surface area contributed by atoms with Crippen molar-refractivity contribution in [2.24, 2.45) is 0 Å². The van der Waals surface area contributed by atoms with Gasteiger partial charge >= 0.3 is 5.97 Å². The topological polar surface area (TPSA) is 59.4 Å². The molecule has 0 unspecified atom stereocenters. The summed E-state index contributed by atoms with van der Waals surface area (Å²) in [5.74, 6) is -0.411. The molecule has 0 saturated heterocycles. The molecule has 0 aliphatic carbocycles. The zero-order chi connectivity index (χ0) is 19.7. The van der Waals surface area contributed by atoms with Crippen molar-refractivity contribution >= 4 is 11.5 Å². The van der Waals surface area contributed by atoms with E-state index < -0.39 is 5.97 Å². The highest BCUT2D eigenvalue weighted by molar-refractivity contribution is 5.89. The molecular weight excluding hydrogens is 350 g/mol. The van der Waals surface area contributed by atoms with Crippen LogP contribution >= 0.6 is 0 Å². The molecular formula is C23H19N3O2. The molecule has 3 heterocycles. The predicted octanol–water partition coefficient (Wildman–Crippen LogP) is 4.58. The van der Waals surface area contributed by atoms with Gasteiger partial charge < -0.3 is 13.7 Å². The number of fused-ring (bicyclic) bond motifs is 1. The van der Waals surface area contributed by atoms with E-state index in [-0.39, 0.29) is 6.61 Å². The molecule has 28 heavy (non-hydrogen) atoms. The monoisotopic (exact) mass is 369 g/mol. The summed E-state index contributed by atoms with van der Waals surface area (Å²) in [6, 6.07) is 19.3. The van der Waals surface area contributed by atoms with Crippen LogP contribution in [0.2, 0.25) is 0 Å². The molecule has 0 atom stereocenters. The molecule has 0 fully saturated rings. The fraction of sp³-hybridized carbons (Fsp3) is 0.130. The van der Waals surface area contributed by atoms with Crippen LogP contribution in [0.25, 0.3) is 11.2 Å². The molecule has 138 valence electrons. The summed E-state index contributed by atoms with van der Waals surface area (Å²) >= 11 is 0. The van der Waals surface area contributed by atoms with Gasteiger partial charge in [0, 0.05) is 35.0 Å². The molecule has 0 spiro atoms. The second kappa shape index (κ2) is 7.09. The predicted molar refractivity (Wildman–Crippen MR) is 106 cm³/mol. The molecule has 4 rings (SSSR count). The van der Waals surface area contributed by atoms with E-state index in [1.165, 1.54) is 0 Å². The van der Waals surface area contributed by atoms with Gasteiger partial charge in [0.05, 0.1) is 16.6 Å². The molecule has 0 aliphatic heterocycles. The van der Waals surface area contributed by atoms with E-state index >= 15 is 0 Å². The fourth-order valence-electron chi connectivity index (χ4n) is 3.46. The van der Waals surface area contributed by atoms with Crippen LogP contribution in [-0.2, 0) is 11.3 Å². The number of rotatable bonds is 4. The maximum Gasteiger partial charge on any atom is 0.338 e. The molecule has 0 saturated carbocycles. The maximum absolute atomic E-state index is 12.4. The number of carbonyl (C=O) groups is 1. The third-order valence-electron chi connectivity index (χ3n) is 4.87. The molecule has 5 nitrogen and oxygen atoms in total. The molecule has 0 bridgehead atoms. The lowest BCUT2D eigenvalue weighted by molar-refractivity contribution is 0.0472. The van der Waals surface area contributed by atoms with E-state index in [0.29, 0.717) is 16.7 Å². The second-order valence-corrected chi connectivity index (χ2v) is 6.71. The lowest BCUT2D eigenvalue weighted by Crippen LogP contribution is -2.06. The first-order valence-corrected chi connectivity index (χ1v) is 8.99. The quantitative estimate of drug-likeness (QED) is 0.495. The Morgan fingerprint density at radius 3 is 2.43 bits per heavy atom. The average molecular weight is 369 g/mol. The maximum atomic E-state index is 12.4. The molecule has 0 radical (unpaired) electrons. The van der Waals surface area contributed by atoms with Crippen LogP contribution in [0.15, 0.2) is 67.0 Å². The van der Waals surface area contributed by atoms with Crippen molar-refractivity contribution < 1.29 is 9.53 Å². The van der Waals surface area contributed by atoms with Crippen LogP contribution in [0.3, 0.4) is 0 Å². The van der Waals surface area contributed by atoms with E-state index in [9.17, 15) is 10.1 Å². The minimum absolute atomic E-state index is 0.0565. The third kappa shape index (κ3) is 3.06. The van der Waals surface area contributed by atoms with E-state index in [2.05, 4.69) is 22.8 Å². The van der Waals surface area contributed by atoms with Crippen LogP contribution in [0.5, 0.6) is 0 Å². The van der Waals surface area contributed by atoms with Gasteiger partial charge in [-0.3, -0.25) is 0 Å². The summed E-state index contributed by atoms with van der Waals surface area (Å²) in [6.07, 6.45) is 3.69. The lowest BCUT2D eigenvalue weighted by Gasteiger charge is -2.10. The van der Waals surface area contributed by atoms with Crippen molar-refractivity contribution in [2.75, 3.05) is 0 Å². The highest BCUT2D eigenvalue weighted by Crippen LogP contribution is 2.20. The SMILES string of the molecule is Cc1ccc(C)n1-c1ccc(C(=O)OCc2cn3ccccc3c2C#N)cc1. The van der Waals surface area contributed by atoms with Crippen molar-refractivity contribution in [3.63, 3.8) is 0 Å². The number of carbonyl (C=O) groups excluding carboxylic acids is 1. The number of benzene rings is 1. The Morgan fingerprint density at radius 2 is 1.75 bits per heavy atom. The van der Waals surface area contributed by atoms with Crippen LogP contribution in [0, 0.1) is 25.2 Å². The Bertz CT molecular complexity index is 1190. The minimum Gasteiger partial charge on any atom is -0.457 e. The van der Waals surface area contributed by atoms with Gasteiger partial charge in [0.2, 0.25) is 0 Å². The Morgan fingerprint density at radius 1 is 1.04 bits per heavy atom. The van der Waals surface area contributed by atoms with Crippen molar-refractivity contribution in [1.82, 2.24) is 8.97 Å². The van der Waals surface area contributed by atoms with Gasteiger partial charge in [-0.25, -0.2) is 4.79 Å². The van der Waals surface area contributed by atoms with E-state index in [1.807, 2.05) is 61.0 Å². The standard InChI is InChI=1S/C23H19N3O2/c1-16-6-7-17(2)26(16)20-10-8-18(9-11-20)23(27)28-15-19-14-25-12-4-3-5-22(25)21(19)13-24/h3-12,14H,15H2,1-2H3. The molecule has 0 N–H and O–H groups in total. The van der Waals surface area contributed by atoms with Crippen molar-refractivity contribution in [3.05, 3.63) is 95.1 Å². The number of pyridine rings is 1. The number of esters is 1. The largest absolute Gasteiger partial charge is 0.457 e. The average Bonchev–Trinajstić information content (AvgIpc) is 3.25. The second-order valence-electron chi connectivity index (χ2n) is 6.71. The summed E-state index contributed by atoms with van der Waals surface area (Å²) in [6.45, 7) is 4.15. The van der Waals surface area contributed by atoms with E-state index in [0.717, 1.165) is 22.6 Å². The van der Waals surface area contributed by atoms with Crippen molar-refractivity contribution in [2.45, 2.75) is 20.5 Å². The Labute approximate surface area is 163 Å². The van der Waals surface area contributed by atoms with Gasteiger partial charge in [-0.05, 0) is 62.4 Å². The summed E-state index contributed by atoms with van der Waals surface area (Å²) < 4.78 is 9.44. The number of ether oxygens (including phenoxy) is 1. The molecule has 3 aromatic heterocycles. The van der Waals surface area contributed by atoms with Gasteiger partial charge in [-0.15, -0.1) is 0 Å². The Balaban J connectivity index is 1.51. The van der Waals surface area contributed by atoms with Gasteiger partial charge in [-0.1, -0.05) is 6.07 Å². The zero-order valence-corrected chi connectivity index (χ0v) is 15.7. The van der Waals surface area contributed by atoms with Crippen LogP contribution in [-0.4, -0.2) is 14.9 Å². The lowest BCUT2D eigenvalue weighted by atomic mass is 10.2. The van der Waals surface area contributed by atoms with Crippen molar-refractivity contribution in [1.29, 1.82) is 5.26 Å². The summed E-state index contributed by atoms with van der Waals surface area (Å²) in [7, 11) is 0. The number of nitrogens with zero attached hydrogens (tertiary/aromatic N) is 3. The number of hydrogen-bond acceptors (Lipinski definition) is 3. The van der Waals surface area contributed by atoms with E-state index in [1.54, 1.807) is 12.1 Å². The highest BCUT2D eigenvalue weighted by atomic mass is 16.5.